The largest absolute Gasteiger partial charge is 0.341 e. The second-order valence-corrected chi connectivity index (χ2v) is 9.08. The van der Waals surface area contributed by atoms with E-state index in [0.29, 0.717) is 11.4 Å². The Kier molecular flexibility index (Phi) is 3.98. The number of rotatable bonds is 3. The molecule has 120 valence electrons. The van der Waals surface area contributed by atoms with Gasteiger partial charge in [-0.3, -0.25) is 4.79 Å². The van der Waals surface area contributed by atoms with Gasteiger partial charge >= 0.3 is 0 Å². The Bertz CT molecular complexity index is 697. The maximum absolute atomic E-state index is 13.0. The molecule has 1 heterocycles. The van der Waals surface area contributed by atoms with E-state index in [0.717, 1.165) is 24.8 Å². The van der Waals surface area contributed by atoms with Crippen LogP contribution in [0, 0.1) is 0 Å². The third kappa shape index (κ3) is 2.65. The second-order valence-electron chi connectivity index (χ2n) is 6.42. The molecule has 0 bridgehead atoms. The summed E-state index contributed by atoms with van der Waals surface area (Å²) in [4.78, 5) is 14.7. The van der Waals surface area contributed by atoms with Gasteiger partial charge in [0.15, 0.2) is 9.84 Å². The Hall–Kier alpha value is -1.07. The van der Waals surface area contributed by atoms with Crippen LogP contribution in [0.3, 0.4) is 0 Å². The fourth-order valence-corrected chi connectivity index (χ4v) is 5.49. The Labute approximate surface area is 136 Å². The SMILES string of the molecule is CN(C(=O)C1(c2cccc(Cl)c2)CCC1)[C@@H]1CCS(=O)(=O)C1. The normalized spacial score (nSPS) is 25.5. The minimum Gasteiger partial charge on any atom is -0.341 e. The minimum absolute atomic E-state index is 0.0307. The van der Waals surface area contributed by atoms with Gasteiger partial charge in [0.1, 0.15) is 0 Å². The van der Waals surface area contributed by atoms with Crippen molar-refractivity contribution in [1.82, 2.24) is 4.90 Å². The highest BCUT2D eigenvalue weighted by molar-refractivity contribution is 7.91. The molecule has 1 saturated heterocycles. The van der Waals surface area contributed by atoms with Crippen molar-refractivity contribution in [1.29, 1.82) is 0 Å². The summed E-state index contributed by atoms with van der Waals surface area (Å²) in [5, 5.41) is 0.627. The average Bonchev–Trinajstić information content (AvgIpc) is 2.77. The van der Waals surface area contributed by atoms with E-state index in [1.54, 1.807) is 18.0 Å². The highest BCUT2D eigenvalue weighted by atomic mass is 35.5. The second kappa shape index (κ2) is 5.53. The number of sulfone groups is 1. The molecule has 1 aliphatic heterocycles. The highest BCUT2D eigenvalue weighted by Gasteiger charge is 2.49. The van der Waals surface area contributed by atoms with Crippen LogP contribution in [0.1, 0.15) is 31.2 Å². The lowest BCUT2D eigenvalue weighted by Crippen LogP contribution is -2.53. The van der Waals surface area contributed by atoms with Crippen LogP contribution >= 0.6 is 11.6 Å². The number of likely N-dealkylation sites (N-methyl/N-ethyl adjacent to an activating group) is 1. The summed E-state index contributed by atoms with van der Waals surface area (Å²) in [5.41, 5.74) is 0.426. The minimum atomic E-state index is -2.99. The maximum Gasteiger partial charge on any atom is 0.233 e. The molecule has 1 saturated carbocycles. The van der Waals surface area contributed by atoms with Crippen LogP contribution < -0.4 is 0 Å². The fraction of sp³-hybridized carbons (Fsp3) is 0.562. The van der Waals surface area contributed by atoms with Crippen molar-refractivity contribution in [2.45, 2.75) is 37.1 Å². The molecular formula is C16H20ClNO3S. The van der Waals surface area contributed by atoms with Crippen LogP contribution in [-0.2, 0) is 20.0 Å². The summed E-state index contributed by atoms with van der Waals surface area (Å²) in [6.07, 6.45) is 3.15. The number of nitrogens with zero attached hydrogens (tertiary/aromatic N) is 1. The highest BCUT2D eigenvalue weighted by Crippen LogP contribution is 2.46. The molecule has 1 aromatic carbocycles. The Morgan fingerprint density at radius 1 is 1.36 bits per heavy atom. The number of hydrogen-bond acceptors (Lipinski definition) is 3. The van der Waals surface area contributed by atoms with Gasteiger partial charge in [-0.2, -0.15) is 0 Å². The predicted octanol–water partition coefficient (Wildman–Crippen LogP) is 2.41. The Morgan fingerprint density at radius 2 is 2.09 bits per heavy atom. The number of halogens is 1. The molecule has 3 rings (SSSR count). The number of carbonyl (C=O) groups excluding carboxylic acids is 1. The van der Waals surface area contributed by atoms with Crippen molar-refractivity contribution in [3.05, 3.63) is 34.9 Å². The zero-order valence-corrected chi connectivity index (χ0v) is 14.2. The van der Waals surface area contributed by atoms with E-state index in [9.17, 15) is 13.2 Å². The molecule has 1 aromatic rings. The standard InChI is InChI=1S/C16H20ClNO3S/c1-18(14-6-9-22(20,21)11-14)15(19)16(7-3-8-16)12-4-2-5-13(17)10-12/h2,4-5,10,14H,3,6-9,11H2,1H3/t14-/m1/s1. The van der Waals surface area contributed by atoms with Crippen molar-refractivity contribution >= 4 is 27.3 Å². The van der Waals surface area contributed by atoms with Gasteiger partial charge in [-0.05, 0) is 37.0 Å². The van der Waals surface area contributed by atoms with Crippen LogP contribution in [0.15, 0.2) is 24.3 Å². The van der Waals surface area contributed by atoms with Gasteiger partial charge in [-0.25, -0.2) is 8.42 Å². The van der Waals surface area contributed by atoms with Crippen molar-refractivity contribution < 1.29 is 13.2 Å². The van der Waals surface area contributed by atoms with E-state index >= 15 is 0 Å². The average molecular weight is 342 g/mol. The molecule has 2 aliphatic rings. The first-order chi connectivity index (χ1) is 10.3. The van der Waals surface area contributed by atoms with Crippen molar-refractivity contribution in [3.8, 4) is 0 Å². The molecule has 4 nitrogen and oxygen atoms in total. The van der Waals surface area contributed by atoms with E-state index in [4.69, 9.17) is 11.6 Å². The van der Waals surface area contributed by atoms with Gasteiger partial charge in [-0.1, -0.05) is 30.2 Å². The molecule has 0 spiro atoms. The van der Waals surface area contributed by atoms with Gasteiger partial charge in [0.25, 0.3) is 0 Å². The predicted molar refractivity (Wildman–Crippen MR) is 86.8 cm³/mol. The first-order valence-corrected chi connectivity index (χ1v) is 9.78. The smallest absolute Gasteiger partial charge is 0.233 e. The van der Waals surface area contributed by atoms with E-state index in [-0.39, 0.29) is 23.5 Å². The molecule has 2 fully saturated rings. The van der Waals surface area contributed by atoms with Crippen LogP contribution in [0.25, 0.3) is 0 Å². The molecule has 0 unspecified atom stereocenters. The van der Waals surface area contributed by atoms with Crippen LogP contribution in [-0.4, -0.2) is 43.8 Å². The summed E-state index contributed by atoms with van der Waals surface area (Å²) in [7, 11) is -1.26. The number of amides is 1. The van der Waals surface area contributed by atoms with Crippen molar-refractivity contribution in [3.63, 3.8) is 0 Å². The van der Waals surface area contributed by atoms with Gasteiger partial charge in [0.2, 0.25) is 5.91 Å². The van der Waals surface area contributed by atoms with Gasteiger partial charge in [-0.15, -0.1) is 0 Å². The lowest BCUT2D eigenvalue weighted by atomic mass is 9.63. The zero-order valence-electron chi connectivity index (χ0n) is 12.6. The van der Waals surface area contributed by atoms with Gasteiger partial charge < -0.3 is 4.90 Å². The number of benzene rings is 1. The third-order valence-electron chi connectivity index (χ3n) is 5.07. The summed E-state index contributed by atoms with van der Waals surface area (Å²) in [6, 6.07) is 7.27. The van der Waals surface area contributed by atoms with E-state index in [1.165, 1.54) is 0 Å². The molecule has 0 aromatic heterocycles. The molecular weight excluding hydrogens is 322 g/mol. The van der Waals surface area contributed by atoms with Crippen LogP contribution in [0.4, 0.5) is 0 Å². The molecule has 22 heavy (non-hydrogen) atoms. The van der Waals surface area contributed by atoms with Gasteiger partial charge in [0, 0.05) is 18.1 Å². The third-order valence-corrected chi connectivity index (χ3v) is 7.06. The number of carbonyl (C=O) groups is 1. The Balaban J connectivity index is 1.86. The Morgan fingerprint density at radius 3 is 2.59 bits per heavy atom. The topological polar surface area (TPSA) is 54.5 Å². The molecule has 0 radical (unpaired) electrons. The van der Waals surface area contributed by atoms with E-state index < -0.39 is 15.3 Å². The summed E-state index contributed by atoms with van der Waals surface area (Å²) >= 11 is 6.08. The lowest BCUT2D eigenvalue weighted by molar-refractivity contribution is -0.141. The molecule has 1 atom stereocenters. The van der Waals surface area contributed by atoms with E-state index in [1.807, 2.05) is 18.2 Å². The van der Waals surface area contributed by atoms with E-state index in [2.05, 4.69) is 0 Å². The zero-order chi connectivity index (χ0) is 16.0. The molecule has 1 amide bonds. The lowest BCUT2D eigenvalue weighted by Gasteiger charge is -2.44. The van der Waals surface area contributed by atoms with Crippen molar-refractivity contribution in [2.24, 2.45) is 0 Å². The molecule has 1 aliphatic carbocycles. The number of hydrogen-bond donors (Lipinski definition) is 0. The summed E-state index contributed by atoms with van der Waals surface area (Å²) in [5.74, 6) is 0.295. The first-order valence-electron chi connectivity index (χ1n) is 7.58. The van der Waals surface area contributed by atoms with Crippen LogP contribution in [0.5, 0.6) is 0 Å². The maximum atomic E-state index is 13.0. The monoisotopic (exact) mass is 341 g/mol. The summed E-state index contributed by atoms with van der Waals surface area (Å²) < 4.78 is 23.3. The molecule has 6 heteroatoms. The summed E-state index contributed by atoms with van der Waals surface area (Å²) in [6.45, 7) is 0. The van der Waals surface area contributed by atoms with Crippen LogP contribution in [0.2, 0.25) is 5.02 Å². The van der Waals surface area contributed by atoms with Gasteiger partial charge in [0.05, 0.1) is 16.9 Å². The first kappa shape index (κ1) is 15.8. The van der Waals surface area contributed by atoms with Crippen molar-refractivity contribution in [2.75, 3.05) is 18.6 Å². The fourth-order valence-electron chi connectivity index (χ4n) is 3.53. The molecule has 0 N–H and O–H groups in total. The quantitative estimate of drug-likeness (QED) is 0.848.